The van der Waals surface area contributed by atoms with E-state index in [4.69, 9.17) is 9.47 Å². The molecule has 39 heavy (non-hydrogen) atoms. The molecule has 3 aliphatic carbocycles. The molecule has 0 aromatic rings. The number of hydrogen-bond donors (Lipinski definition) is 0. The van der Waals surface area contributed by atoms with Gasteiger partial charge in [0.25, 0.3) is 0 Å². The van der Waals surface area contributed by atoms with Gasteiger partial charge < -0.3 is 9.47 Å². The molecule has 0 radical (unpaired) electrons. The minimum atomic E-state index is -8.61. The topological polar surface area (TPSA) is 21.8 Å². The number of epoxide rings is 1. The lowest BCUT2D eigenvalue weighted by atomic mass is 9.79. The summed E-state index contributed by atoms with van der Waals surface area (Å²) in [4.78, 5) is 0. The molecule has 4 fully saturated rings. The van der Waals surface area contributed by atoms with E-state index in [-0.39, 0.29) is 42.3 Å². The van der Waals surface area contributed by atoms with Gasteiger partial charge in [0.05, 0.1) is 24.9 Å². The predicted octanol–water partition coefficient (Wildman–Crippen LogP) is 7.21. The van der Waals surface area contributed by atoms with Gasteiger partial charge in [0.1, 0.15) is 0 Å². The van der Waals surface area contributed by atoms with Crippen molar-refractivity contribution in [2.75, 3.05) is 6.61 Å². The Kier molecular flexibility index (Phi) is 6.61. The Balaban J connectivity index is 1.48. The third-order valence-corrected chi connectivity index (χ3v) is 8.22. The highest BCUT2D eigenvalue weighted by atomic mass is 19.4. The number of alkyl halides is 17. The molecule has 0 amide bonds. The highest BCUT2D eigenvalue weighted by Crippen LogP contribution is 2.66. The molecule has 1 aliphatic heterocycles. The first-order valence-corrected chi connectivity index (χ1v) is 11.3. The fourth-order valence-electron chi connectivity index (χ4n) is 6.13. The smallest absolute Gasteiger partial charge is 0.378 e. The minimum Gasteiger partial charge on any atom is -0.378 e. The Morgan fingerprint density at radius 3 is 1.56 bits per heavy atom. The molecule has 7 atom stereocenters. The monoisotopic (exact) mass is 612 g/mol. The van der Waals surface area contributed by atoms with Gasteiger partial charge in [0.15, 0.2) is 0 Å². The molecule has 1 heterocycles. The maximum absolute atomic E-state index is 14.1. The number of halogens is 17. The Labute approximate surface area is 207 Å². The van der Waals surface area contributed by atoms with E-state index in [1.54, 1.807) is 0 Å². The average molecular weight is 612 g/mol. The van der Waals surface area contributed by atoms with Crippen LogP contribution < -0.4 is 0 Å². The Morgan fingerprint density at radius 1 is 0.564 bits per heavy atom. The second-order valence-electron chi connectivity index (χ2n) is 10.3. The lowest BCUT2D eigenvalue weighted by Crippen LogP contribution is -2.74. The molecule has 5 unspecified atom stereocenters. The van der Waals surface area contributed by atoms with E-state index in [9.17, 15) is 74.6 Å². The first-order valence-electron chi connectivity index (χ1n) is 11.3. The van der Waals surface area contributed by atoms with Gasteiger partial charge in [-0.25, -0.2) is 0 Å². The van der Waals surface area contributed by atoms with Crippen molar-refractivity contribution in [3.63, 3.8) is 0 Å². The molecular weight excluding hydrogens is 595 g/mol. The van der Waals surface area contributed by atoms with Crippen LogP contribution in [-0.2, 0) is 9.47 Å². The van der Waals surface area contributed by atoms with Gasteiger partial charge >= 0.3 is 47.6 Å². The van der Waals surface area contributed by atoms with E-state index in [2.05, 4.69) is 0 Å². The second-order valence-corrected chi connectivity index (χ2v) is 10.3. The number of rotatable bonds is 10. The van der Waals surface area contributed by atoms with Gasteiger partial charge in [-0.2, -0.15) is 74.6 Å². The van der Waals surface area contributed by atoms with Crippen molar-refractivity contribution in [3.8, 4) is 0 Å². The molecule has 3 saturated carbocycles. The summed E-state index contributed by atoms with van der Waals surface area (Å²) in [5, 5.41) is 0. The van der Waals surface area contributed by atoms with Crippen molar-refractivity contribution in [2.24, 2.45) is 23.7 Å². The van der Waals surface area contributed by atoms with Crippen LogP contribution in [0.2, 0.25) is 0 Å². The largest absolute Gasteiger partial charge is 0.460 e. The van der Waals surface area contributed by atoms with Crippen LogP contribution in [0.15, 0.2) is 0 Å². The summed E-state index contributed by atoms with van der Waals surface area (Å²) < 4.78 is 237. The van der Waals surface area contributed by atoms with Gasteiger partial charge in [-0.05, 0) is 42.9 Å². The van der Waals surface area contributed by atoms with E-state index in [1.165, 1.54) is 0 Å². The van der Waals surface area contributed by atoms with E-state index in [0.29, 0.717) is 6.42 Å². The van der Waals surface area contributed by atoms with Gasteiger partial charge in [0, 0.05) is 6.42 Å². The normalized spacial score (nSPS) is 33.9. The SMILES string of the molecule is FC(F)(F)C(F)(F)C(F)(F)C(F)(F)C(F)(F)C(F)(F)C(F)(F)C(F)(F)CCOC1C[C@@H]2C[C@H]1C1C3OC3CC12. The molecule has 0 N–H and O–H groups in total. The van der Waals surface area contributed by atoms with Gasteiger partial charge in [-0.1, -0.05) is 0 Å². The quantitative estimate of drug-likeness (QED) is 0.192. The highest BCUT2D eigenvalue weighted by Gasteiger charge is 2.95. The summed E-state index contributed by atoms with van der Waals surface area (Å²) in [5.41, 5.74) is 0. The Morgan fingerprint density at radius 2 is 1.05 bits per heavy atom. The molecule has 0 aromatic carbocycles. The van der Waals surface area contributed by atoms with Crippen molar-refractivity contribution in [1.82, 2.24) is 0 Å². The number of ether oxygens (including phenoxy) is 2. The number of fused-ring (bicyclic) bond motifs is 7. The summed E-state index contributed by atoms with van der Waals surface area (Å²) in [6, 6.07) is 0. The van der Waals surface area contributed by atoms with Crippen LogP contribution in [0.1, 0.15) is 25.7 Å². The molecule has 228 valence electrons. The molecule has 2 nitrogen and oxygen atoms in total. The Hall–Kier alpha value is -1.27. The van der Waals surface area contributed by atoms with Crippen LogP contribution in [0, 0.1) is 23.7 Å². The van der Waals surface area contributed by atoms with Crippen LogP contribution >= 0.6 is 0 Å². The molecular formula is C20H17F17O2. The zero-order chi connectivity index (χ0) is 30.0. The first kappa shape index (κ1) is 30.7. The molecule has 2 bridgehead atoms. The fourth-order valence-corrected chi connectivity index (χ4v) is 6.13. The molecule has 4 rings (SSSR count). The van der Waals surface area contributed by atoms with Crippen LogP contribution in [0.25, 0.3) is 0 Å². The van der Waals surface area contributed by atoms with E-state index in [1.807, 2.05) is 0 Å². The van der Waals surface area contributed by atoms with Crippen LogP contribution in [0.3, 0.4) is 0 Å². The lowest BCUT2D eigenvalue weighted by Gasteiger charge is -2.42. The summed E-state index contributed by atoms with van der Waals surface area (Å²) >= 11 is 0. The van der Waals surface area contributed by atoms with E-state index < -0.39 is 66.8 Å². The predicted molar refractivity (Wildman–Crippen MR) is 91.5 cm³/mol. The van der Waals surface area contributed by atoms with Gasteiger partial charge in [-0.3, -0.25) is 0 Å². The third kappa shape index (κ3) is 3.89. The lowest BCUT2D eigenvalue weighted by molar-refractivity contribution is -0.462. The van der Waals surface area contributed by atoms with Crippen LogP contribution in [0.4, 0.5) is 74.6 Å². The summed E-state index contributed by atoms with van der Waals surface area (Å²) in [6.45, 7) is -1.52. The summed E-state index contributed by atoms with van der Waals surface area (Å²) in [6.07, 6.45) is -9.71. The zero-order valence-electron chi connectivity index (χ0n) is 18.8. The molecule has 19 heteroatoms. The Bertz CT molecular complexity index is 960. The van der Waals surface area contributed by atoms with Crippen molar-refractivity contribution in [2.45, 2.75) is 91.6 Å². The van der Waals surface area contributed by atoms with Crippen molar-refractivity contribution < 1.29 is 84.1 Å². The van der Waals surface area contributed by atoms with Crippen molar-refractivity contribution in [3.05, 3.63) is 0 Å². The zero-order valence-corrected chi connectivity index (χ0v) is 18.8. The van der Waals surface area contributed by atoms with Gasteiger partial charge in [0.2, 0.25) is 0 Å². The van der Waals surface area contributed by atoms with E-state index in [0.717, 1.165) is 6.42 Å². The summed E-state index contributed by atoms with van der Waals surface area (Å²) in [5.74, 6) is -56.1. The van der Waals surface area contributed by atoms with Gasteiger partial charge in [-0.15, -0.1) is 0 Å². The van der Waals surface area contributed by atoms with Crippen LogP contribution in [-0.4, -0.2) is 72.6 Å². The second kappa shape index (κ2) is 8.40. The first-order chi connectivity index (χ1) is 17.3. The van der Waals surface area contributed by atoms with Crippen molar-refractivity contribution >= 4 is 0 Å². The van der Waals surface area contributed by atoms with E-state index >= 15 is 0 Å². The molecule has 4 aliphatic rings. The minimum absolute atomic E-state index is 0.0116. The molecule has 1 saturated heterocycles. The van der Waals surface area contributed by atoms with Crippen molar-refractivity contribution in [1.29, 1.82) is 0 Å². The maximum Gasteiger partial charge on any atom is 0.460 e. The molecule has 0 spiro atoms. The number of hydrogen-bond acceptors (Lipinski definition) is 2. The average Bonchev–Trinajstić information content (AvgIpc) is 3.10. The van der Waals surface area contributed by atoms with Crippen LogP contribution in [0.5, 0.6) is 0 Å². The fraction of sp³-hybridized carbons (Fsp3) is 1.00. The molecule has 0 aromatic heterocycles. The summed E-state index contributed by atoms with van der Waals surface area (Å²) in [7, 11) is 0. The maximum atomic E-state index is 14.1. The highest BCUT2D eigenvalue weighted by molar-refractivity contribution is 5.16. The standard InChI is InChI=1S/C20H17F17O2/c21-13(22,1-2-38-9-4-6-3-8(9)11-7(6)5-10-12(11)39-10)14(23,24)15(25,26)16(27,28)17(29,30)18(31,32)19(33,34)20(35,36)37/h6-12H,1-5H2/t6-,7?,8+,9?,10?,11?,12?/m0/s1. The third-order valence-electron chi connectivity index (χ3n) is 8.22.